The van der Waals surface area contributed by atoms with Gasteiger partial charge in [0.25, 0.3) is 0 Å². The number of aromatic nitrogens is 3. The zero-order chi connectivity index (χ0) is 15.9. The number of para-hydroxylation sites is 1. The van der Waals surface area contributed by atoms with Crippen LogP contribution in [0.4, 0.5) is 0 Å². The number of hydrogen-bond acceptors (Lipinski definition) is 4. The van der Waals surface area contributed by atoms with E-state index in [9.17, 15) is 20.4 Å². The smallest absolute Gasteiger partial charge is 0.201 e. The highest BCUT2D eigenvalue weighted by atomic mass is 16.3. The summed E-state index contributed by atoms with van der Waals surface area (Å²) in [7, 11) is 0. The molecule has 7 heteroatoms. The summed E-state index contributed by atoms with van der Waals surface area (Å²) >= 11 is 0. The fraction of sp³-hybridized carbons (Fsp3) is 0. The van der Waals surface area contributed by atoms with Crippen LogP contribution in [0.5, 0.6) is 23.5 Å². The van der Waals surface area contributed by atoms with Crippen molar-refractivity contribution in [3.63, 3.8) is 0 Å². The number of H-pyrrole nitrogens is 3. The number of benzene rings is 2. The molecule has 0 atom stereocenters. The number of aromatic amines is 3. The van der Waals surface area contributed by atoms with Crippen LogP contribution < -0.4 is 0 Å². The normalized spacial score (nSPS) is 12.2. The number of aromatic hydroxyl groups is 4. The summed E-state index contributed by atoms with van der Waals surface area (Å²) < 4.78 is 0. The summed E-state index contributed by atoms with van der Waals surface area (Å²) in [4.78, 5) is 8.15. The molecule has 0 saturated carbocycles. The lowest BCUT2D eigenvalue weighted by Gasteiger charge is -2.00. The second kappa shape index (κ2) is 3.64. The Morgan fingerprint density at radius 2 is 1.09 bits per heavy atom. The third-order valence-corrected chi connectivity index (χ3v) is 4.38. The van der Waals surface area contributed by atoms with Gasteiger partial charge in [-0.05, 0) is 6.07 Å². The molecule has 0 bridgehead atoms. The molecule has 0 aliphatic carbocycles. The maximum absolute atomic E-state index is 10.2. The monoisotopic (exact) mass is 309 g/mol. The predicted octanol–water partition coefficient (Wildman–Crippen LogP) is 3.11. The van der Waals surface area contributed by atoms with Gasteiger partial charge in [-0.25, -0.2) is 0 Å². The molecular weight excluding hydrogens is 298 g/mol. The third kappa shape index (κ3) is 1.25. The Bertz CT molecular complexity index is 1260. The summed E-state index contributed by atoms with van der Waals surface area (Å²) in [5.74, 6) is -0.966. The Morgan fingerprint density at radius 1 is 0.565 bits per heavy atom. The number of rotatable bonds is 0. The molecule has 3 aromatic heterocycles. The standard InChI is InChI=1S/C16H11N3O4/c20-13-8-7-5-3-1-2-4-6(5)17-12(7)11-10(9(8)14(21)18-13)15(22)19-16(11)23/h1-4,17-23H. The van der Waals surface area contributed by atoms with Gasteiger partial charge in [-0.2, -0.15) is 0 Å². The average molecular weight is 309 g/mol. The van der Waals surface area contributed by atoms with E-state index < -0.39 is 0 Å². The van der Waals surface area contributed by atoms with Crippen molar-refractivity contribution >= 4 is 43.4 Å². The van der Waals surface area contributed by atoms with Crippen molar-refractivity contribution in [1.29, 1.82) is 0 Å². The predicted molar refractivity (Wildman–Crippen MR) is 86.2 cm³/mol. The minimum atomic E-state index is -0.280. The van der Waals surface area contributed by atoms with Gasteiger partial charge in [0.1, 0.15) is 0 Å². The van der Waals surface area contributed by atoms with Crippen LogP contribution in [0.15, 0.2) is 24.3 Å². The van der Waals surface area contributed by atoms with E-state index >= 15 is 0 Å². The summed E-state index contributed by atoms with van der Waals surface area (Å²) in [6, 6.07) is 7.49. The van der Waals surface area contributed by atoms with Crippen molar-refractivity contribution in [3.05, 3.63) is 24.3 Å². The molecule has 0 spiro atoms. The molecule has 114 valence electrons. The molecule has 0 aliphatic heterocycles. The van der Waals surface area contributed by atoms with Gasteiger partial charge in [0, 0.05) is 16.3 Å². The minimum absolute atomic E-state index is 0.200. The third-order valence-electron chi connectivity index (χ3n) is 4.38. The average Bonchev–Trinajstić information content (AvgIpc) is 3.12. The van der Waals surface area contributed by atoms with Crippen LogP contribution in [0.2, 0.25) is 0 Å². The molecule has 2 aromatic carbocycles. The van der Waals surface area contributed by atoms with E-state index in [0.717, 1.165) is 10.9 Å². The Balaban J connectivity index is 2.30. The number of nitrogens with one attached hydrogen (secondary N) is 3. The SMILES string of the molecule is Oc1[nH]c(O)c2c1c1[nH]c3ccccc3c1c1c(O)[nH]c(O)c21. The maximum Gasteiger partial charge on any atom is 0.201 e. The zero-order valence-electron chi connectivity index (χ0n) is 11.6. The van der Waals surface area contributed by atoms with Gasteiger partial charge < -0.3 is 25.4 Å². The summed E-state index contributed by atoms with van der Waals surface area (Å²) in [6.07, 6.45) is 0. The van der Waals surface area contributed by atoms with E-state index in [-0.39, 0.29) is 34.3 Å². The lowest BCUT2D eigenvalue weighted by atomic mass is 10.0. The van der Waals surface area contributed by atoms with Crippen LogP contribution >= 0.6 is 0 Å². The van der Waals surface area contributed by atoms with E-state index in [1.54, 1.807) is 0 Å². The molecule has 3 heterocycles. The van der Waals surface area contributed by atoms with Crippen LogP contribution in [0, 0.1) is 0 Å². The first kappa shape index (κ1) is 12.1. The van der Waals surface area contributed by atoms with Crippen LogP contribution in [0.1, 0.15) is 0 Å². The molecule has 0 amide bonds. The highest BCUT2D eigenvalue weighted by molar-refractivity contribution is 6.35. The van der Waals surface area contributed by atoms with Gasteiger partial charge >= 0.3 is 0 Å². The topological polar surface area (TPSA) is 128 Å². The molecule has 5 aromatic rings. The van der Waals surface area contributed by atoms with Crippen molar-refractivity contribution in [1.82, 2.24) is 15.0 Å². The van der Waals surface area contributed by atoms with E-state index in [1.165, 1.54) is 0 Å². The minimum Gasteiger partial charge on any atom is -0.494 e. The van der Waals surface area contributed by atoms with Gasteiger partial charge in [0.2, 0.25) is 5.88 Å². The van der Waals surface area contributed by atoms with Gasteiger partial charge in [0.05, 0.1) is 27.1 Å². The molecule has 0 saturated heterocycles. The van der Waals surface area contributed by atoms with Gasteiger partial charge in [-0.1, -0.05) is 18.2 Å². The fourth-order valence-corrected chi connectivity index (χ4v) is 3.51. The van der Waals surface area contributed by atoms with Crippen LogP contribution in [0.25, 0.3) is 43.4 Å². The zero-order valence-corrected chi connectivity index (χ0v) is 11.6. The highest BCUT2D eigenvalue weighted by Crippen LogP contribution is 2.50. The van der Waals surface area contributed by atoms with Crippen molar-refractivity contribution in [2.24, 2.45) is 0 Å². The summed E-state index contributed by atoms with van der Waals surface area (Å²) in [5, 5.41) is 43.4. The van der Waals surface area contributed by atoms with Crippen molar-refractivity contribution in [2.45, 2.75) is 0 Å². The van der Waals surface area contributed by atoms with E-state index in [0.29, 0.717) is 21.7 Å². The first-order chi connectivity index (χ1) is 11.1. The van der Waals surface area contributed by atoms with Crippen molar-refractivity contribution < 1.29 is 20.4 Å². The van der Waals surface area contributed by atoms with Gasteiger partial charge in [-0.3, -0.25) is 9.97 Å². The summed E-state index contributed by atoms with van der Waals surface area (Å²) in [5.41, 5.74) is 1.38. The molecule has 7 nitrogen and oxygen atoms in total. The molecule has 0 aliphatic rings. The summed E-state index contributed by atoms with van der Waals surface area (Å²) in [6.45, 7) is 0. The lowest BCUT2D eigenvalue weighted by molar-refractivity contribution is 0.426. The van der Waals surface area contributed by atoms with E-state index in [1.807, 2.05) is 24.3 Å². The number of fused-ring (bicyclic) bond motifs is 8. The first-order valence-electron chi connectivity index (χ1n) is 6.97. The Kier molecular flexibility index (Phi) is 1.92. The molecule has 0 fully saturated rings. The Morgan fingerprint density at radius 3 is 1.78 bits per heavy atom. The molecular formula is C16H11N3O4. The van der Waals surface area contributed by atoms with Gasteiger partial charge in [-0.15, -0.1) is 0 Å². The maximum atomic E-state index is 10.2. The van der Waals surface area contributed by atoms with Crippen LogP contribution in [-0.2, 0) is 0 Å². The second-order valence-corrected chi connectivity index (χ2v) is 5.57. The molecule has 0 radical (unpaired) electrons. The molecule has 7 N–H and O–H groups in total. The first-order valence-corrected chi connectivity index (χ1v) is 6.97. The Labute approximate surface area is 127 Å². The largest absolute Gasteiger partial charge is 0.494 e. The molecule has 5 rings (SSSR count). The molecule has 23 heavy (non-hydrogen) atoms. The van der Waals surface area contributed by atoms with Crippen molar-refractivity contribution in [2.75, 3.05) is 0 Å². The number of hydrogen-bond donors (Lipinski definition) is 7. The van der Waals surface area contributed by atoms with E-state index in [2.05, 4.69) is 15.0 Å². The molecule has 0 unspecified atom stereocenters. The van der Waals surface area contributed by atoms with Crippen molar-refractivity contribution in [3.8, 4) is 23.5 Å². The van der Waals surface area contributed by atoms with E-state index in [4.69, 9.17) is 0 Å². The fourth-order valence-electron chi connectivity index (χ4n) is 3.51. The Hall–Kier alpha value is -3.48. The second-order valence-electron chi connectivity index (χ2n) is 5.57. The highest BCUT2D eigenvalue weighted by Gasteiger charge is 2.25. The quantitative estimate of drug-likeness (QED) is 0.237. The van der Waals surface area contributed by atoms with Crippen LogP contribution in [0.3, 0.4) is 0 Å². The van der Waals surface area contributed by atoms with Crippen LogP contribution in [-0.4, -0.2) is 35.4 Å². The lowest BCUT2D eigenvalue weighted by Crippen LogP contribution is -1.76. The van der Waals surface area contributed by atoms with Gasteiger partial charge in [0.15, 0.2) is 17.6 Å².